The summed E-state index contributed by atoms with van der Waals surface area (Å²) in [5.41, 5.74) is 0.0796. The van der Waals surface area contributed by atoms with Crippen molar-refractivity contribution in [1.29, 1.82) is 0 Å². The highest BCUT2D eigenvalue weighted by molar-refractivity contribution is 7.86. The summed E-state index contributed by atoms with van der Waals surface area (Å²) in [7, 11) is -10.2. The van der Waals surface area contributed by atoms with Gasteiger partial charge in [0.15, 0.2) is 0 Å². The van der Waals surface area contributed by atoms with Gasteiger partial charge in [0.05, 0.1) is 9.79 Å². The summed E-state index contributed by atoms with van der Waals surface area (Å²) in [6, 6.07) is 45.7. The molecule has 6 aromatic carbocycles. The molecule has 64 heavy (non-hydrogen) atoms. The van der Waals surface area contributed by atoms with Crippen molar-refractivity contribution in [3.8, 4) is 46.8 Å². The van der Waals surface area contributed by atoms with Gasteiger partial charge in [-0.25, -0.2) is 16.8 Å². The molecule has 0 aliphatic carbocycles. The molecule has 16 nitrogen and oxygen atoms in total. The zero-order valence-corrected chi connectivity index (χ0v) is 34.6. The fourth-order valence-corrected chi connectivity index (χ4v) is 7.34. The summed E-state index contributed by atoms with van der Waals surface area (Å²) in [5, 5.41) is 5.93. The Hall–Kier alpha value is -8.16. The fraction of sp³-hybridized carbons (Fsp3) is 0. The van der Waals surface area contributed by atoms with E-state index in [9.17, 15) is 25.9 Å². The summed E-state index contributed by atoms with van der Waals surface area (Å²) < 4.78 is 99.2. The Balaban J connectivity index is 1.07. The van der Waals surface area contributed by atoms with Crippen molar-refractivity contribution in [1.82, 2.24) is 19.9 Å². The van der Waals surface area contributed by atoms with Gasteiger partial charge in [-0.15, -0.1) is 0 Å². The van der Waals surface area contributed by atoms with Crippen molar-refractivity contribution in [2.75, 3.05) is 10.6 Å². The van der Waals surface area contributed by atoms with Crippen molar-refractivity contribution in [3.05, 3.63) is 181 Å². The third-order valence-electron chi connectivity index (χ3n) is 8.75. The van der Waals surface area contributed by atoms with Crippen LogP contribution in [0.4, 0.5) is 23.0 Å². The summed E-state index contributed by atoms with van der Waals surface area (Å²) in [6.07, 6.45) is 2.41. The lowest BCUT2D eigenvalue weighted by Gasteiger charge is -2.16. The van der Waals surface area contributed by atoms with Crippen LogP contribution in [-0.2, 0) is 20.2 Å². The van der Waals surface area contributed by atoms with Gasteiger partial charge in [-0.05, 0) is 83.9 Å². The maximum absolute atomic E-state index is 12.6. The van der Waals surface area contributed by atoms with Crippen molar-refractivity contribution in [2.24, 2.45) is 0 Å². The van der Waals surface area contributed by atoms with Gasteiger partial charge in [0.2, 0.25) is 11.8 Å². The molecule has 0 saturated heterocycles. The van der Waals surface area contributed by atoms with Gasteiger partial charge >= 0.3 is 12.0 Å². The van der Waals surface area contributed by atoms with Crippen LogP contribution in [0.2, 0.25) is 0 Å². The third-order valence-corrected chi connectivity index (χ3v) is 10.5. The average molecular weight is 893 g/mol. The predicted molar refractivity (Wildman–Crippen MR) is 234 cm³/mol. The van der Waals surface area contributed by atoms with Gasteiger partial charge in [0.25, 0.3) is 0 Å². The number of anilines is 4. The molecule has 2 N–H and O–H groups in total. The number of hydrogen-bond donors (Lipinski definition) is 2. The van der Waals surface area contributed by atoms with E-state index in [0.717, 1.165) is 12.1 Å². The number of ether oxygens (including phenoxy) is 4. The van der Waals surface area contributed by atoms with Gasteiger partial charge in [0, 0.05) is 23.5 Å². The zero-order chi connectivity index (χ0) is 44.5. The van der Waals surface area contributed by atoms with Crippen LogP contribution in [0.1, 0.15) is 11.1 Å². The number of hydrogen-bond acceptors (Lipinski definition) is 16. The molecule has 2 aromatic heterocycles. The normalized spacial score (nSPS) is 11.5. The third kappa shape index (κ3) is 11.4. The number of nitrogens with one attached hydrogen (secondary N) is 2. The molecule has 0 bridgehead atoms. The lowest BCUT2D eigenvalue weighted by Crippen LogP contribution is -2.05. The number of rotatable bonds is 16. The highest BCUT2D eigenvalue weighted by atomic mass is 32.2. The minimum atomic E-state index is -5.12. The Morgan fingerprint density at radius 1 is 0.406 bits per heavy atom. The minimum absolute atomic E-state index is 0.0932. The zero-order valence-electron chi connectivity index (χ0n) is 33.0. The summed E-state index contributed by atoms with van der Waals surface area (Å²) in [4.78, 5) is 16.1. The molecule has 0 saturated carbocycles. The van der Waals surface area contributed by atoms with Crippen LogP contribution in [0, 0.1) is 0 Å². The first-order chi connectivity index (χ1) is 30.9. The first-order valence-corrected chi connectivity index (χ1v) is 21.8. The molecule has 18 heteroatoms. The minimum Gasteiger partial charge on any atom is -0.744 e. The van der Waals surface area contributed by atoms with E-state index in [0.29, 0.717) is 23.0 Å². The molecule has 0 atom stereocenters. The Kier molecular flexibility index (Phi) is 12.5. The first kappa shape index (κ1) is 42.5. The lowest BCUT2D eigenvalue weighted by molar-refractivity contribution is 0.412. The summed E-state index contributed by atoms with van der Waals surface area (Å²) in [5.74, 6) is 2.29. The van der Waals surface area contributed by atoms with Crippen LogP contribution in [-0.4, -0.2) is 45.9 Å². The molecule has 320 valence electrons. The smallest absolute Gasteiger partial charge is 0.327 e. The molecular formula is C46H32N6O10S2-2. The molecule has 8 rings (SSSR count). The first-order valence-electron chi connectivity index (χ1n) is 19.0. The van der Waals surface area contributed by atoms with E-state index in [-0.39, 0.29) is 57.9 Å². The molecule has 0 spiro atoms. The molecule has 0 aliphatic rings. The summed E-state index contributed by atoms with van der Waals surface area (Å²) >= 11 is 0. The molecule has 0 radical (unpaired) electrons. The quantitative estimate of drug-likeness (QED) is 0.0679. The van der Waals surface area contributed by atoms with E-state index in [1.807, 2.05) is 24.3 Å². The van der Waals surface area contributed by atoms with Crippen LogP contribution < -0.4 is 29.6 Å². The highest BCUT2D eigenvalue weighted by Crippen LogP contribution is 2.32. The highest BCUT2D eigenvalue weighted by Gasteiger charge is 2.16. The molecule has 2 heterocycles. The number of nitrogens with zero attached hydrogens (tertiary/aromatic N) is 4. The van der Waals surface area contributed by atoms with Gasteiger partial charge in [-0.3, -0.25) is 0 Å². The summed E-state index contributed by atoms with van der Waals surface area (Å²) in [6.45, 7) is 0. The van der Waals surface area contributed by atoms with Gasteiger partial charge in [-0.2, -0.15) is 19.9 Å². The Morgan fingerprint density at radius 2 is 0.734 bits per heavy atom. The van der Waals surface area contributed by atoms with Crippen LogP contribution >= 0.6 is 0 Å². The lowest BCUT2D eigenvalue weighted by atomic mass is 10.1. The SMILES string of the molecule is O=S(=O)([O-])c1cc(Nc2cc(Oc3ccccc3)nc(Oc3ccccc3)n2)ccc1/C=C/c1ccc(Nc2cc(Oc3ccccc3)nc(Oc3ccccc3)n2)cc1S(=O)(=O)[O-]. The van der Waals surface area contributed by atoms with Gasteiger partial charge in [-0.1, -0.05) is 97.1 Å². The molecule has 8 aromatic rings. The van der Waals surface area contributed by atoms with E-state index < -0.39 is 30.0 Å². The largest absolute Gasteiger partial charge is 0.744 e. The van der Waals surface area contributed by atoms with Crippen molar-refractivity contribution in [2.45, 2.75) is 9.79 Å². The Bertz CT molecular complexity index is 2840. The number of benzene rings is 6. The molecule has 0 fully saturated rings. The molecular weight excluding hydrogens is 861 g/mol. The van der Waals surface area contributed by atoms with Crippen LogP contribution in [0.5, 0.6) is 46.8 Å². The van der Waals surface area contributed by atoms with E-state index in [1.165, 1.54) is 48.6 Å². The second kappa shape index (κ2) is 18.8. The van der Waals surface area contributed by atoms with Crippen molar-refractivity contribution in [3.63, 3.8) is 0 Å². The van der Waals surface area contributed by atoms with Gasteiger partial charge < -0.3 is 38.7 Å². The van der Waals surface area contributed by atoms with Crippen molar-refractivity contribution >= 4 is 55.4 Å². The second-order valence-corrected chi connectivity index (χ2v) is 16.1. The number of aromatic nitrogens is 4. The number of para-hydroxylation sites is 4. The molecule has 0 unspecified atom stereocenters. The second-order valence-electron chi connectivity index (χ2n) is 13.4. The topological polar surface area (TPSA) is 227 Å². The molecule has 0 amide bonds. The van der Waals surface area contributed by atoms with E-state index in [1.54, 1.807) is 97.1 Å². The monoisotopic (exact) mass is 892 g/mol. The predicted octanol–water partition coefficient (Wildman–Crippen LogP) is 9.90. The van der Waals surface area contributed by atoms with Gasteiger partial charge in [0.1, 0.15) is 54.9 Å². The van der Waals surface area contributed by atoms with E-state index >= 15 is 0 Å². The Labute approximate surface area is 367 Å². The molecule has 0 aliphatic heterocycles. The Morgan fingerprint density at radius 3 is 1.06 bits per heavy atom. The average Bonchev–Trinajstić information content (AvgIpc) is 3.27. The van der Waals surface area contributed by atoms with Crippen LogP contribution in [0.3, 0.4) is 0 Å². The maximum atomic E-state index is 12.6. The van der Waals surface area contributed by atoms with Crippen molar-refractivity contribution < 1.29 is 44.9 Å². The standard InChI is InChI=1S/C46H34N6O10S2/c53-63(54,55)39-27-33(47-41-29-43(59-35-13-5-1-6-14-35)51-45(49-41)61-37-17-9-3-10-18-37)25-23-31(39)21-22-32-24-26-34(28-40(32)64(56,57)58)48-42-30-44(60-36-15-7-2-8-16-36)52-46(50-42)62-38-19-11-4-12-20-38/h1-30H,(H,47,49,51)(H,48,50,52)(H,53,54,55)(H,56,57,58)/p-2/b22-21+. The van der Waals surface area contributed by atoms with Crippen LogP contribution in [0.25, 0.3) is 12.2 Å². The van der Waals surface area contributed by atoms with Crippen LogP contribution in [0.15, 0.2) is 180 Å². The maximum Gasteiger partial charge on any atom is 0.327 e. The van der Waals surface area contributed by atoms with E-state index in [4.69, 9.17) is 18.9 Å². The van der Waals surface area contributed by atoms with E-state index in [2.05, 4.69) is 30.6 Å². The fourth-order valence-electron chi connectivity index (χ4n) is 5.95.